The van der Waals surface area contributed by atoms with Crippen LogP contribution in [0.15, 0.2) is 61.2 Å². The Bertz CT molecular complexity index is 721. The van der Waals surface area contributed by atoms with Crippen LogP contribution in [-0.4, -0.2) is 10.2 Å². The molecular weight excluding hydrogens is 308 g/mol. The van der Waals surface area contributed by atoms with Gasteiger partial charge in [-0.3, -0.25) is 0 Å². The zero-order chi connectivity index (χ0) is 18.5. The van der Waals surface area contributed by atoms with Crippen LogP contribution in [-0.2, 0) is 5.41 Å². The Morgan fingerprint density at radius 1 is 0.840 bits per heavy atom. The quantitative estimate of drug-likeness (QED) is 0.712. The molecule has 1 unspecified atom stereocenters. The molecule has 0 aromatic heterocycles. The van der Waals surface area contributed by atoms with Crippen molar-refractivity contribution >= 4 is 0 Å². The van der Waals surface area contributed by atoms with Crippen LogP contribution in [0, 0.1) is 16.7 Å². The Morgan fingerprint density at radius 3 is 1.60 bits per heavy atom. The Balaban J connectivity index is 2.32. The molecule has 0 bridgehead atoms. The van der Waals surface area contributed by atoms with Gasteiger partial charge in [0, 0.05) is 5.41 Å². The second-order valence-corrected chi connectivity index (χ2v) is 8.56. The van der Waals surface area contributed by atoms with Crippen molar-refractivity contribution in [1.82, 2.24) is 0 Å². The van der Waals surface area contributed by atoms with E-state index in [0.29, 0.717) is 0 Å². The van der Waals surface area contributed by atoms with Crippen LogP contribution in [0.4, 0.5) is 0 Å². The second-order valence-electron chi connectivity index (χ2n) is 8.56. The third-order valence-electron chi connectivity index (χ3n) is 6.77. The highest BCUT2D eigenvalue weighted by Gasteiger charge is 2.61. The summed E-state index contributed by atoms with van der Waals surface area (Å²) in [4.78, 5) is 0. The number of rotatable bonds is 3. The Morgan fingerprint density at radius 2 is 1.24 bits per heavy atom. The average Bonchev–Trinajstić information content (AvgIpc) is 2.71. The van der Waals surface area contributed by atoms with Gasteiger partial charge in [0.1, 0.15) is 11.5 Å². The Kier molecular flexibility index (Phi) is 3.98. The molecule has 2 nitrogen and oxygen atoms in total. The van der Waals surface area contributed by atoms with Gasteiger partial charge in [-0.2, -0.15) is 0 Å². The SMILES string of the molecule is C=CC1C(c2ccc(O)cc2)(c2ccc(O)cc2)CC(C)(C)C1(C)C. The first kappa shape index (κ1) is 17.6. The minimum absolute atomic E-state index is 0.0462. The van der Waals surface area contributed by atoms with Gasteiger partial charge < -0.3 is 10.2 Å². The van der Waals surface area contributed by atoms with E-state index in [0.717, 1.165) is 6.42 Å². The van der Waals surface area contributed by atoms with Crippen LogP contribution < -0.4 is 0 Å². The molecule has 0 heterocycles. The molecule has 1 saturated carbocycles. The molecule has 2 aromatic carbocycles. The average molecular weight is 336 g/mol. The summed E-state index contributed by atoms with van der Waals surface area (Å²) in [6.07, 6.45) is 3.06. The van der Waals surface area contributed by atoms with Crippen molar-refractivity contribution < 1.29 is 10.2 Å². The van der Waals surface area contributed by atoms with Crippen LogP contribution in [0.3, 0.4) is 0 Å². The summed E-state index contributed by atoms with van der Waals surface area (Å²) in [5.41, 5.74) is 2.27. The maximum Gasteiger partial charge on any atom is 0.115 e. The van der Waals surface area contributed by atoms with E-state index in [1.807, 2.05) is 24.3 Å². The highest BCUT2D eigenvalue weighted by atomic mass is 16.3. The number of allylic oxidation sites excluding steroid dienone is 1. The number of benzene rings is 2. The van der Waals surface area contributed by atoms with E-state index < -0.39 is 0 Å². The largest absolute Gasteiger partial charge is 0.508 e. The monoisotopic (exact) mass is 336 g/mol. The molecule has 2 aromatic rings. The summed E-state index contributed by atoms with van der Waals surface area (Å²) in [6.45, 7) is 13.5. The summed E-state index contributed by atoms with van der Waals surface area (Å²) >= 11 is 0. The lowest BCUT2D eigenvalue weighted by Gasteiger charge is -2.41. The number of hydrogen-bond donors (Lipinski definition) is 2. The van der Waals surface area contributed by atoms with Gasteiger partial charge in [0.2, 0.25) is 0 Å². The van der Waals surface area contributed by atoms with Gasteiger partial charge in [0.15, 0.2) is 0 Å². The van der Waals surface area contributed by atoms with Gasteiger partial charge in [0.05, 0.1) is 0 Å². The van der Waals surface area contributed by atoms with E-state index in [9.17, 15) is 10.2 Å². The van der Waals surface area contributed by atoms with Crippen LogP contribution in [0.1, 0.15) is 45.2 Å². The van der Waals surface area contributed by atoms with Crippen LogP contribution >= 0.6 is 0 Å². The fourth-order valence-electron chi connectivity index (χ4n) is 4.82. The molecule has 0 radical (unpaired) electrons. The number of phenolic OH excluding ortho intramolecular Hbond substituents is 2. The molecule has 2 heteroatoms. The maximum absolute atomic E-state index is 9.77. The summed E-state index contributed by atoms with van der Waals surface area (Å²) in [7, 11) is 0. The number of hydrogen-bond acceptors (Lipinski definition) is 2. The molecule has 1 fully saturated rings. The molecule has 2 N–H and O–H groups in total. The normalized spacial score (nSPS) is 23.3. The first-order valence-electron chi connectivity index (χ1n) is 8.87. The molecule has 0 amide bonds. The highest BCUT2D eigenvalue weighted by molar-refractivity contribution is 5.48. The van der Waals surface area contributed by atoms with Gasteiger partial charge in [-0.15, -0.1) is 6.58 Å². The van der Waals surface area contributed by atoms with Crippen molar-refractivity contribution in [2.24, 2.45) is 16.7 Å². The van der Waals surface area contributed by atoms with Gasteiger partial charge >= 0.3 is 0 Å². The lowest BCUT2D eigenvalue weighted by atomic mass is 9.62. The van der Waals surface area contributed by atoms with Crippen molar-refractivity contribution in [3.63, 3.8) is 0 Å². The van der Waals surface area contributed by atoms with Gasteiger partial charge in [-0.25, -0.2) is 0 Å². The predicted molar refractivity (Wildman–Crippen MR) is 103 cm³/mol. The second kappa shape index (κ2) is 5.66. The minimum Gasteiger partial charge on any atom is -0.508 e. The minimum atomic E-state index is -0.240. The van der Waals surface area contributed by atoms with Crippen molar-refractivity contribution in [2.45, 2.75) is 39.5 Å². The fourth-order valence-corrected chi connectivity index (χ4v) is 4.82. The maximum atomic E-state index is 9.77. The highest BCUT2D eigenvalue weighted by Crippen LogP contribution is 2.66. The van der Waals surface area contributed by atoms with E-state index in [1.54, 1.807) is 24.3 Å². The van der Waals surface area contributed by atoms with Crippen LogP contribution in [0.5, 0.6) is 11.5 Å². The summed E-state index contributed by atoms with van der Waals surface area (Å²) in [5, 5.41) is 19.5. The number of phenols is 2. The molecule has 3 rings (SSSR count). The first-order chi connectivity index (χ1) is 11.6. The molecule has 1 atom stereocenters. The van der Waals surface area contributed by atoms with Crippen LogP contribution in [0.25, 0.3) is 0 Å². The zero-order valence-electron chi connectivity index (χ0n) is 15.6. The third kappa shape index (κ3) is 2.47. The zero-order valence-corrected chi connectivity index (χ0v) is 15.6. The van der Waals surface area contributed by atoms with E-state index >= 15 is 0 Å². The smallest absolute Gasteiger partial charge is 0.115 e. The van der Waals surface area contributed by atoms with E-state index in [4.69, 9.17) is 0 Å². The van der Waals surface area contributed by atoms with Gasteiger partial charge in [0.25, 0.3) is 0 Å². The Hall–Kier alpha value is -2.22. The lowest BCUT2D eigenvalue weighted by molar-refractivity contribution is 0.125. The topological polar surface area (TPSA) is 40.5 Å². The van der Waals surface area contributed by atoms with E-state index in [1.165, 1.54) is 11.1 Å². The predicted octanol–water partition coefficient (Wildman–Crippen LogP) is 5.64. The van der Waals surface area contributed by atoms with Crippen molar-refractivity contribution in [1.29, 1.82) is 0 Å². The molecular formula is C23H28O2. The standard InChI is InChI=1S/C23H28O2/c1-6-20-22(4,5)21(2,3)15-23(20,16-7-11-18(24)12-8-16)17-9-13-19(25)14-10-17/h6-14,20,24-25H,1,15H2,2-5H3. The molecule has 1 aliphatic rings. The summed E-state index contributed by atoms with van der Waals surface area (Å²) < 4.78 is 0. The van der Waals surface area contributed by atoms with Gasteiger partial charge in [-0.05, 0) is 58.6 Å². The summed E-state index contributed by atoms with van der Waals surface area (Å²) in [5.74, 6) is 0.775. The lowest BCUT2D eigenvalue weighted by Crippen LogP contribution is -2.36. The fraction of sp³-hybridized carbons (Fsp3) is 0.391. The molecule has 25 heavy (non-hydrogen) atoms. The van der Waals surface area contributed by atoms with E-state index in [2.05, 4.69) is 40.3 Å². The molecule has 0 saturated heterocycles. The summed E-state index contributed by atoms with van der Waals surface area (Å²) in [6, 6.07) is 15.1. The van der Waals surface area contributed by atoms with Crippen molar-refractivity contribution in [3.05, 3.63) is 72.3 Å². The molecule has 132 valence electrons. The molecule has 0 aliphatic heterocycles. The van der Waals surface area contributed by atoms with E-state index in [-0.39, 0.29) is 33.7 Å². The Labute approximate surface area is 150 Å². The third-order valence-corrected chi connectivity index (χ3v) is 6.77. The van der Waals surface area contributed by atoms with Crippen molar-refractivity contribution in [3.8, 4) is 11.5 Å². The van der Waals surface area contributed by atoms with Gasteiger partial charge in [-0.1, -0.05) is 58.0 Å². The van der Waals surface area contributed by atoms with Crippen LogP contribution in [0.2, 0.25) is 0 Å². The molecule has 1 aliphatic carbocycles. The van der Waals surface area contributed by atoms with Crippen molar-refractivity contribution in [2.75, 3.05) is 0 Å². The first-order valence-corrected chi connectivity index (χ1v) is 8.87. The molecule has 0 spiro atoms. The number of aromatic hydroxyl groups is 2.